The van der Waals surface area contributed by atoms with Crippen LogP contribution in [0.5, 0.6) is 5.75 Å². The fourth-order valence-electron chi connectivity index (χ4n) is 3.29. The molecule has 0 aliphatic carbocycles. The average molecular weight is 517 g/mol. The molecule has 1 amide bonds. The van der Waals surface area contributed by atoms with E-state index in [4.69, 9.17) is 21.1 Å². The maximum Gasteiger partial charge on any atom is 0.340 e. The van der Waals surface area contributed by atoms with Crippen LogP contribution in [0.1, 0.15) is 22.8 Å². The summed E-state index contributed by atoms with van der Waals surface area (Å²) in [5.74, 6) is -1.08. The fraction of sp³-hybridized carbons (Fsp3) is 0.200. The van der Waals surface area contributed by atoms with Crippen molar-refractivity contribution in [3.05, 3.63) is 82.9 Å². The number of carbonyl (C=O) groups excluding carboxylic acids is 2. The molecular formula is C25H25ClN2O6S. The molecule has 10 heteroatoms. The van der Waals surface area contributed by atoms with Crippen LogP contribution in [0.15, 0.2) is 71.6 Å². The van der Waals surface area contributed by atoms with Gasteiger partial charge in [0.15, 0.2) is 0 Å². The van der Waals surface area contributed by atoms with Gasteiger partial charge in [0.2, 0.25) is 5.91 Å². The Bertz CT molecular complexity index is 1330. The summed E-state index contributed by atoms with van der Waals surface area (Å²) in [6, 6.07) is 17.0. The number of nitrogens with one attached hydrogen (secondary N) is 1. The first-order chi connectivity index (χ1) is 16.7. The number of benzene rings is 3. The Labute approximate surface area is 209 Å². The zero-order chi connectivity index (χ0) is 25.6. The molecule has 0 unspecified atom stereocenters. The van der Waals surface area contributed by atoms with Crippen molar-refractivity contribution < 1.29 is 27.5 Å². The van der Waals surface area contributed by atoms with E-state index in [9.17, 15) is 18.0 Å². The number of methoxy groups -OCH3 is 1. The summed E-state index contributed by atoms with van der Waals surface area (Å²) < 4.78 is 38.6. The van der Waals surface area contributed by atoms with E-state index in [1.807, 2.05) is 6.92 Å². The maximum absolute atomic E-state index is 13.6. The van der Waals surface area contributed by atoms with E-state index in [-0.39, 0.29) is 39.2 Å². The number of amides is 1. The van der Waals surface area contributed by atoms with Crippen molar-refractivity contribution in [1.82, 2.24) is 0 Å². The van der Waals surface area contributed by atoms with Gasteiger partial charge < -0.3 is 14.8 Å². The van der Waals surface area contributed by atoms with E-state index in [1.165, 1.54) is 43.5 Å². The van der Waals surface area contributed by atoms with Crippen LogP contribution in [0.25, 0.3) is 0 Å². The number of hydrogen-bond donors (Lipinski definition) is 1. The number of nitrogens with zero attached hydrogens (tertiary/aromatic N) is 1. The number of hydrogen-bond acceptors (Lipinski definition) is 6. The van der Waals surface area contributed by atoms with E-state index in [2.05, 4.69) is 5.32 Å². The van der Waals surface area contributed by atoms with Crippen LogP contribution in [-0.4, -0.2) is 40.6 Å². The molecule has 0 saturated carbocycles. The Morgan fingerprint density at radius 3 is 2.37 bits per heavy atom. The number of halogens is 1. The van der Waals surface area contributed by atoms with E-state index < -0.39 is 28.4 Å². The largest absolute Gasteiger partial charge is 0.495 e. The normalized spacial score (nSPS) is 11.0. The molecule has 0 saturated heterocycles. The van der Waals surface area contributed by atoms with Gasteiger partial charge in [0.1, 0.15) is 12.3 Å². The lowest BCUT2D eigenvalue weighted by Crippen LogP contribution is -2.38. The molecule has 0 atom stereocenters. The average Bonchev–Trinajstić information content (AvgIpc) is 2.83. The van der Waals surface area contributed by atoms with Gasteiger partial charge in [0.05, 0.1) is 35.6 Å². The van der Waals surface area contributed by atoms with Crippen LogP contribution in [0.2, 0.25) is 5.02 Å². The number of anilines is 2. The molecule has 3 aromatic carbocycles. The van der Waals surface area contributed by atoms with Crippen molar-refractivity contribution in [3.63, 3.8) is 0 Å². The molecular weight excluding hydrogens is 492 g/mol. The predicted octanol–water partition coefficient (Wildman–Crippen LogP) is 4.67. The molecule has 184 valence electrons. The summed E-state index contributed by atoms with van der Waals surface area (Å²) in [7, 11) is -2.81. The van der Waals surface area contributed by atoms with E-state index in [1.54, 1.807) is 37.3 Å². The minimum absolute atomic E-state index is 0.00940. The number of esters is 1. The highest BCUT2D eigenvalue weighted by molar-refractivity contribution is 7.92. The molecule has 0 aromatic heterocycles. The lowest BCUT2D eigenvalue weighted by Gasteiger charge is -2.26. The molecule has 3 rings (SSSR count). The molecule has 0 fully saturated rings. The minimum atomic E-state index is -4.20. The van der Waals surface area contributed by atoms with E-state index in [0.717, 1.165) is 9.87 Å². The zero-order valence-corrected chi connectivity index (χ0v) is 21.0. The first-order valence-corrected chi connectivity index (χ1v) is 12.5. The van der Waals surface area contributed by atoms with Crippen molar-refractivity contribution in [1.29, 1.82) is 0 Å². The SMILES string of the molecule is CCOC(=O)c1ccccc1NC(=O)CN(c1cc(Cl)ccc1OC)S(=O)(=O)c1ccc(C)cc1. The molecule has 1 N–H and O–H groups in total. The van der Waals surface area contributed by atoms with Crippen LogP contribution in [-0.2, 0) is 19.6 Å². The van der Waals surface area contributed by atoms with Gasteiger partial charge in [-0.15, -0.1) is 0 Å². The maximum atomic E-state index is 13.6. The lowest BCUT2D eigenvalue weighted by atomic mass is 10.2. The molecule has 8 nitrogen and oxygen atoms in total. The van der Waals surface area contributed by atoms with Gasteiger partial charge in [-0.05, 0) is 56.3 Å². The Balaban J connectivity index is 2.02. The summed E-state index contributed by atoms with van der Waals surface area (Å²) in [6.45, 7) is 3.07. The van der Waals surface area contributed by atoms with Crippen LogP contribution in [0, 0.1) is 6.92 Å². The van der Waals surface area contributed by atoms with Crippen LogP contribution in [0.4, 0.5) is 11.4 Å². The van der Waals surface area contributed by atoms with Crippen molar-refractivity contribution in [2.24, 2.45) is 0 Å². The van der Waals surface area contributed by atoms with Crippen molar-refractivity contribution in [2.45, 2.75) is 18.7 Å². The number of rotatable bonds is 9. The molecule has 3 aromatic rings. The molecule has 0 heterocycles. The van der Waals surface area contributed by atoms with Crippen molar-refractivity contribution in [3.8, 4) is 5.75 Å². The van der Waals surface area contributed by atoms with Crippen molar-refractivity contribution >= 4 is 44.9 Å². The zero-order valence-electron chi connectivity index (χ0n) is 19.4. The highest BCUT2D eigenvalue weighted by Crippen LogP contribution is 2.35. The van der Waals surface area contributed by atoms with Crippen LogP contribution in [0.3, 0.4) is 0 Å². The number of para-hydroxylation sites is 1. The van der Waals surface area contributed by atoms with Gasteiger partial charge in [-0.3, -0.25) is 9.10 Å². The molecule has 0 radical (unpaired) electrons. The van der Waals surface area contributed by atoms with Gasteiger partial charge >= 0.3 is 5.97 Å². The monoisotopic (exact) mass is 516 g/mol. The van der Waals surface area contributed by atoms with E-state index in [0.29, 0.717) is 0 Å². The van der Waals surface area contributed by atoms with Gasteiger partial charge in [0, 0.05) is 5.02 Å². The van der Waals surface area contributed by atoms with Gasteiger partial charge in [0.25, 0.3) is 10.0 Å². The Kier molecular flexibility index (Phi) is 8.37. The molecule has 0 aliphatic rings. The Hall–Kier alpha value is -3.56. The third-order valence-corrected chi connectivity index (χ3v) is 7.01. The van der Waals surface area contributed by atoms with Gasteiger partial charge in [-0.1, -0.05) is 41.4 Å². The summed E-state index contributed by atoms with van der Waals surface area (Å²) in [6.07, 6.45) is 0. The fourth-order valence-corrected chi connectivity index (χ4v) is 4.88. The second kappa shape index (κ2) is 11.2. The predicted molar refractivity (Wildman–Crippen MR) is 135 cm³/mol. The third kappa shape index (κ3) is 6.12. The Morgan fingerprint density at radius 1 is 1.03 bits per heavy atom. The van der Waals surface area contributed by atoms with Crippen LogP contribution >= 0.6 is 11.6 Å². The number of sulfonamides is 1. The van der Waals surface area contributed by atoms with Gasteiger partial charge in [-0.25, -0.2) is 13.2 Å². The lowest BCUT2D eigenvalue weighted by molar-refractivity contribution is -0.114. The molecule has 0 aliphatic heterocycles. The number of carbonyl (C=O) groups is 2. The second-order valence-electron chi connectivity index (χ2n) is 7.46. The second-order valence-corrected chi connectivity index (χ2v) is 9.75. The summed E-state index contributed by atoms with van der Waals surface area (Å²) in [5, 5.41) is 2.88. The molecule has 35 heavy (non-hydrogen) atoms. The smallest absolute Gasteiger partial charge is 0.340 e. The topological polar surface area (TPSA) is 102 Å². The van der Waals surface area contributed by atoms with Gasteiger partial charge in [-0.2, -0.15) is 0 Å². The Morgan fingerprint density at radius 2 is 1.71 bits per heavy atom. The minimum Gasteiger partial charge on any atom is -0.495 e. The highest BCUT2D eigenvalue weighted by Gasteiger charge is 2.30. The summed E-state index contributed by atoms with van der Waals surface area (Å²) in [5.41, 5.74) is 1.32. The summed E-state index contributed by atoms with van der Waals surface area (Å²) >= 11 is 6.16. The quantitative estimate of drug-likeness (QED) is 0.415. The third-order valence-electron chi connectivity index (χ3n) is 5.00. The van der Waals surface area contributed by atoms with Crippen molar-refractivity contribution in [2.75, 3.05) is 29.9 Å². The number of aryl methyl sites for hydroxylation is 1. The molecule has 0 spiro atoms. The van der Waals surface area contributed by atoms with Crippen LogP contribution < -0.4 is 14.4 Å². The number of ether oxygens (including phenoxy) is 2. The first-order valence-electron chi connectivity index (χ1n) is 10.7. The first kappa shape index (κ1) is 26.1. The standard InChI is InChI=1S/C25H25ClN2O6S/c1-4-34-25(30)20-7-5-6-8-21(20)27-24(29)16-28(22-15-18(26)11-14-23(22)33-3)35(31,32)19-12-9-17(2)10-13-19/h5-15H,4,16H2,1-3H3,(H,27,29). The highest BCUT2D eigenvalue weighted by atomic mass is 35.5. The molecule has 0 bridgehead atoms. The van der Waals surface area contributed by atoms with E-state index >= 15 is 0 Å². The summed E-state index contributed by atoms with van der Waals surface area (Å²) in [4.78, 5) is 25.4.